The molecule has 12 nitrogen and oxygen atoms in total. The minimum atomic E-state index is -1.34. The Kier molecular flexibility index (Phi) is 20.5. The summed E-state index contributed by atoms with van der Waals surface area (Å²) < 4.78 is 29.7. The Bertz CT molecular complexity index is 1120. The van der Waals surface area contributed by atoms with Crippen molar-refractivity contribution in [1.82, 2.24) is 0 Å². The Balaban J connectivity index is 0.000000707. The van der Waals surface area contributed by atoms with E-state index < -0.39 is 52.1 Å². The predicted molar refractivity (Wildman–Crippen MR) is 183 cm³/mol. The van der Waals surface area contributed by atoms with Crippen LogP contribution in [0.25, 0.3) is 0 Å². The number of ether oxygens (including phenoxy) is 6. The van der Waals surface area contributed by atoms with E-state index >= 15 is 0 Å². The minimum Gasteiger partial charge on any atom is -0.465 e. The third-order valence-electron chi connectivity index (χ3n) is 7.96. The van der Waals surface area contributed by atoms with Crippen molar-refractivity contribution in [2.45, 2.75) is 87.0 Å². The van der Waals surface area contributed by atoms with Crippen LogP contribution < -0.4 is 0 Å². The zero-order chi connectivity index (χ0) is 37.7. The lowest BCUT2D eigenvalue weighted by atomic mass is 9.81. The van der Waals surface area contributed by atoms with Crippen LogP contribution in [0.4, 0.5) is 0 Å². The van der Waals surface area contributed by atoms with Crippen LogP contribution in [0.2, 0.25) is 0 Å². The third-order valence-corrected chi connectivity index (χ3v) is 7.96. The molecule has 0 aromatic rings. The van der Waals surface area contributed by atoms with Gasteiger partial charge in [0.1, 0.15) is 0 Å². The summed E-state index contributed by atoms with van der Waals surface area (Å²) in [5.74, 6) is -2.95. The lowest BCUT2D eigenvalue weighted by molar-refractivity contribution is -0.173. The number of hydrogen-bond donors (Lipinski definition) is 0. The number of carbonyl (C=O) groups excluding carboxylic acids is 6. The van der Waals surface area contributed by atoms with Gasteiger partial charge in [0, 0.05) is 0 Å². The summed E-state index contributed by atoms with van der Waals surface area (Å²) in [6.07, 6.45) is 8.54. The van der Waals surface area contributed by atoms with Crippen molar-refractivity contribution in [2.75, 3.05) is 39.6 Å². The first kappa shape index (κ1) is 44.8. The molecule has 0 aromatic heterocycles. The van der Waals surface area contributed by atoms with Crippen LogP contribution in [0.3, 0.4) is 0 Å². The van der Waals surface area contributed by atoms with Gasteiger partial charge in [0.15, 0.2) is 16.2 Å². The smallest absolute Gasteiger partial charge is 0.324 e. The molecular formula is C37H56O12. The van der Waals surface area contributed by atoms with Gasteiger partial charge in [-0.3, -0.25) is 28.8 Å². The molecule has 1 fully saturated rings. The summed E-state index contributed by atoms with van der Waals surface area (Å²) in [7, 11) is 0. The molecule has 1 saturated carbocycles. The van der Waals surface area contributed by atoms with Crippen LogP contribution >= 0.6 is 0 Å². The van der Waals surface area contributed by atoms with Crippen molar-refractivity contribution >= 4 is 35.8 Å². The average Bonchev–Trinajstić information content (AvgIpc) is 3.68. The van der Waals surface area contributed by atoms with Crippen molar-refractivity contribution in [3.05, 3.63) is 49.6 Å². The first-order valence-corrected chi connectivity index (χ1v) is 16.8. The van der Waals surface area contributed by atoms with Crippen molar-refractivity contribution in [3.63, 3.8) is 0 Å². The molecule has 0 amide bonds. The lowest BCUT2D eigenvalue weighted by Gasteiger charge is -2.26. The predicted octanol–water partition coefficient (Wildman–Crippen LogP) is 5.79. The minimum absolute atomic E-state index is 0.142. The van der Waals surface area contributed by atoms with Crippen LogP contribution in [0.15, 0.2) is 49.6 Å². The molecule has 0 aliphatic heterocycles. The molecule has 0 bridgehead atoms. The Morgan fingerprint density at radius 3 is 1.24 bits per heavy atom. The van der Waals surface area contributed by atoms with E-state index in [0.29, 0.717) is 25.7 Å². The van der Waals surface area contributed by atoms with Crippen molar-refractivity contribution < 1.29 is 57.2 Å². The molecule has 49 heavy (non-hydrogen) atoms. The Labute approximate surface area is 291 Å². The highest BCUT2D eigenvalue weighted by molar-refractivity contribution is 6.02. The quantitative estimate of drug-likeness (QED) is 0.0832. The van der Waals surface area contributed by atoms with Gasteiger partial charge in [-0.2, -0.15) is 0 Å². The molecule has 12 heteroatoms. The van der Waals surface area contributed by atoms with Crippen LogP contribution in [-0.2, 0) is 57.2 Å². The highest BCUT2D eigenvalue weighted by atomic mass is 16.6. The van der Waals surface area contributed by atoms with E-state index in [1.54, 1.807) is 41.5 Å². The zero-order valence-electron chi connectivity index (χ0n) is 30.4. The van der Waals surface area contributed by atoms with E-state index in [0.717, 1.165) is 5.57 Å². The van der Waals surface area contributed by atoms with Crippen LogP contribution in [0, 0.1) is 22.2 Å². The zero-order valence-corrected chi connectivity index (χ0v) is 30.4. The van der Waals surface area contributed by atoms with Gasteiger partial charge in [0.25, 0.3) is 0 Å². The average molecular weight is 693 g/mol. The number of allylic oxidation sites excluding steroid dienone is 5. The van der Waals surface area contributed by atoms with Gasteiger partial charge in [-0.1, -0.05) is 43.4 Å². The largest absolute Gasteiger partial charge is 0.465 e. The highest BCUT2D eigenvalue weighted by Crippen LogP contribution is 2.46. The van der Waals surface area contributed by atoms with Crippen molar-refractivity contribution in [3.8, 4) is 0 Å². The Morgan fingerprint density at radius 2 is 0.980 bits per heavy atom. The normalized spacial score (nSPS) is 16.7. The molecule has 0 radical (unpaired) electrons. The van der Waals surface area contributed by atoms with Crippen LogP contribution in [0.5, 0.6) is 0 Å². The maximum absolute atomic E-state index is 12.0. The first-order valence-electron chi connectivity index (χ1n) is 16.8. The molecule has 2 aliphatic carbocycles. The van der Waals surface area contributed by atoms with E-state index in [1.165, 1.54) is 12.2 Å². The second-order valence-corrected chi connectivity index (χ2v) is 11.4. The van der Waals surface area contributed by atoms with E-state index in [9.17, 15) is 28.8 Å². The van der Waals surface area contributed by atoms with Gasteiger partial charge < -0.3 is 28.4 Å². The number of carbonyl (C=O) groups is 6. The van der Waals surface area contributed by atoms with E-state index in [-0.39, 0.29) is 58.4 Å². The molecule has 2 rings (SSSR count). The lowest BCUT2D eigenvalue weighted by Crippen LogP contribution is -2.41. The number of rotatable bonds is 16. The maximum Gasteiger partial charge on any atom is 0.324 e. The van der Waals surface area contributed by atoms with Crippen LogP contribution in [0.1, 0.15) is 87.0 Å². The molecule has 0 heterocycles. The summed E-state index contributed by atoms with van der Waals surface area (Å²) in [6.45, 7) is 24.8. The molecule has 276 valence electrons. The summed E-state index contributed by atoms with van der Waals surface area (Å²) >= 11 is 0. The standard InChI is InChI=1S/2C13H20O4.C11H16O4/c1-5-16-11(14)13(12(15)17-6-2)7-9(3)10(4)8-13;1-5-9-13(10-6-2,11(14)16-7-3)12(15)17-8-4;1-3-14-9(12)11(7-5-6-8-11)10(13)15-4-2/h10H,3,5-8H2,1-2,4H3;5-6H,1-2,7-10H2,3-4H3;5-6H,3-4,7-8H2,1-2H3. The van der Waals surface area contributed by atoms with E-state index in [1.807, 2.05) is 19.1 Å². The van der Waals surface area contributed by atoms with Gasteiger partial charge in [-0.25, -0.2) is 0 Å². The molecule has 0 spiro atoms. The Morgan fingerprint density at radius 1 is 0.653 bits per heavy atom. The topological polar surface area (TPSA) is 158 Å². The van der Waals surface area contributed by atoms with Crippen LogP contribution in [-0.4, -0.2) is 75.5 Å². The molecule has 1 atom stereocenters. The monoisotopic (exact) mass is 692 g/mol. The fourth-order valence-electron chi connectivity index (χ4n) is 5.37. The van der Waals surface area contributed by atoms with E-state index in [2.05, 4.69) is 19.7 Å². The van der Waals surface area contributed by atoms with Crippen molar-refractivity contribution in [1.29, 1.82) is 0 Å². The number of hydrogen-bond acceptors (Lipinski definition) is 12. The van der Waals surface area contributed by atoms with Gasteiger partial charge >= 0.3 is 35.8 Å². The molecule has 1 unspecified atom stereocenters. The summed E-state index contributed by atoms with van der Waals surface area (Å²) in [5.41, 5.74) is -2.71. The van der Waals surface area contributed by atoms with Gasteiger partial charge in [0.2, 0.25) is 0 Å². The first-order chi connectivity index (χ1) is 23.2. The molecule has 0 N–H and O–H groups in total. The number of esters is 6. The molecular weight excluding hydrogens is 636 g/mol. The van der Waals surface area contributed by atoms with Crippen molar-refractivity contribution in [2.24, 2.45) is 22.2 Å². The molecule has 0 aromatic carbocycles. The maximum atomic E-state index is 12.0. The molecule has 0 saturated heterocycles. The summed E-state index contributed by atoms with van der Waals surface area (Å²) in [6, 6.07) is 0. The van der Waals surface area contributed by atoms with E-state index in [4.69, 9.17) is 28.4 Å². The second kappa shape index (κ2) is 22.4. The second-order valence-electron chi connectivity index (χ2n) is 11.4. The fraction of sp³-hybridized carbons (Fsp3) is 0.622. The SMILES string of the molecule is C=C1CC(C(=O)OCC)(C(=O)OCC)CC1C.C=CCC(CC=C)(C(=O)OCC)C(=O)OCC.CCOC(=O)C1(C(=O)OCC)CC=CC1. The Hall–Kier alpha value is -4.22. The highest BCUT2D eigenvalue weighted by Gasteiger charge is 2.54. The van der Waals surface area contributed by atoms with Gasteiger partial charge in [-0.15, -0.1) is 13.2 Å². The fourth-order valence-corrected chi connectivity index (χ4v) is 5.37. The summed E-state index contributed by atoms with van der Waals surface area (Å²) in [5, 5.41) is 0. The summed E-state index contributed by atoms with van der Waals surface area (Å²) in [4.78, 5) is 71.3. The third kappa shape index (κ3) is 11.7. The van der Waals surface area contributed by atoms with Gasteiger partial charge in [0.05, 0.1) is 39.6 Å². The molecule has 2 aliphatic rings. The van der Waals surface area contributed by atoms with Gasteiger partial charge in [-0.05, 0) is 86.0 Å².